The smallest absolute Gasteiger partial charge is 0.267 e. The van der Waals surface area contributed by atoms with Crippen molar-refractivity contribution in [2.24, 2.45) is 0 Å². The van der Waals surface area contributed by atoms with E-state index in [-0.39, 0.29) is 5.91 Å². The number of hydrogen-bond donors (Lipinski definition) is 0. The molecule has 24 heavy (non-hydrogen) atoms. The maximum Gasteiger partial charge on any atom is 0.267 e. The molecule has 0 spiro atoms. The second kappa shape index (κ2) is 7.27. The Hall–Kier alpha value is -2.66. The second-order valence-corrected chi connectivity index (χ2v) is 6.44. The zero-order valence-electron chi connectivity index (χ0n) is 13.6. The van der Waals surface area contributed by atoms with Crippen LogP contribution < -0.4 is 4.74 Å². The molecule has 0 aliphatic heterocycles. The average Bonchev–Trinajstić information content (AvgIpc) is 3.07. The number of carbonyl (C=O) groups is 1. The van der Waals surface area contributed by atoms with Crippen molar-refractivity contribution in [2.75, 3.05) is 14.2 Å². The fourth-order valence-electron chi connectivity index (χ4n) is 2.43. The zero-order chi connectivity index (χ0) is 16.9. The molecule has 2 heterocycles. The fourth-order valence-corrected chi connectivity index (χ4v) is 3.55. The predicted molar refractivity (Wildman–Crippen MR) is 96.3 cm³/mol. The summed E-state index contributed by atoms with van der Waals surface area (Å²) >= 11 is 1.46. The summed E-state index contributed by atoms with van der Waals surface area (Å²) in [5.74, 6) is 0.571. The molecule has 0 aliphatic carbocycles. The molecule has 4 nitrogen and oxygen atoms in total. The largest absolute Gasteiger partial charge is 0.495 e. The second-order valence-electron chi connectivity index (χ2n) is 5.39. The first-order chi connectivity index (χ1) is 11.7. The van der Waals surface area contributed by atoms with Crippen LogP contribution in [0.4, 0.5) is 0 Å². The summed E-state index contributed by atoms with van der Waals surface area (Å²) < 4.78 is 5.42. The number of benzene rings is 1. The maximum absolute atomic E-state index is 12.8. The average molecular weight is 338 g/mol. The molecule has 122 valence electrons. The highest BCUT2D eigenvalue weighted by atomic mass is 32.1. The first kappa shape index (κ1) is 16.2. The number of carbonyl (C=O) groups excluding carboxylic acids is 1. The minimum absolute atomic E-state index is 0.0455. The summed E-state index contributed by atoms with van der Waals surface area (Å²) in [6, 6.07) is 15.7. The van der Waals surface area contributed by atoms with Crippen LogP contribution in [0.15, 0.2) is 60.9 Å². The van der Waals surface area contributed by atoms with E-state index in [0.717, 1.165) is 16.0 Å². The third kappa shape index (κ3) is 3.46. The number of rotatable bonds is 5. The molecule has 0 aliphatic rings. The van der Waals surface area contributed by atoms with Crippen LogP contribution in [0.3, 0.4) is 0 Å². The lowest BCUT2D eigenvalue weighted by atomic mass is 10.2. The van der Waals surface area contributed by atoms with Gasteiger partial charge in [0, 0.05) is 30.9 Å². The van der Waals surface area contributed by atoms with Crippen LogP contribution in [0.25, 0.3) is 10.4 Å². The van der Waals surface area contributed by atoms with Crippen molar-refractivity contribution in [2.45, 2.75) is 6.54 Å². The number of methoxy groups -OCH3 is 1. The van der Waals surface area contributed by atoms with E-state index in [1.807, 2.05) is 48.5 Å². The van der Waals surface area contributed by atoms with Crippen molar-refractivity contribution in [3.05, 3.63) is 71.4 Å². The quantitative estimate of drug-likeness (QED) is 0.704. The summed E-state index contributed by atoms with van der Waals surface area (Å²) in [7, 11) is 3.39. The van der Waals surface area contributed by atoms with Crippen LogP contribution in [-0.2, 0) is 6.54 Å². The van der Waals surface area contributed by atoms with Crippen LogP contribution in [0.1, 0.15) is 15.2 Å². The van der Waals surface area contributed by atoms with Gasteiger partial charge in [0.25, 0.3) is 5.91 Å². The Morgan fingerprint density at radius 3 is 2.54 bits per heavy atom. The molecule has 1 amide bonds. The molecule has 2 aromatic heterocycles. The third-order valence-electron chi connectivity index (χ3n) is 3.69. The Morgan fingerprint density at radius 2 is 1.88 bits per heavy atom. The van der Waals surface area contributed by atoms with Crippen molar-refractivity contribution in [3.63, 3.8) is 0 Å². The highest BCUT2D eigenvalue weighted by Crippen LogP contribution is 2.36. The summed E-state index contributed by atoms with van der Waals surface area (Å²) in [6.45, 7) is 0.531. The summed E-state index contributed by atoms with van der Waals surface area (Å²) in [4.78, 5) is 20.1. The molecular weight excluding hydrogens is 320 g/mol. The molecule has 3 aromatic rings. The van der Waals surface area contributed by atoms with Gasteiger partial charge in [-0.05, 0) is 29.3 Å². The Balaban J connectivity index is 1.85. The van der Waals surface area contributed by atoms with Gasteiger partial charge in [-0.25, -0.2) is 0 Å². The Morgan fingerprint density at radius 1 is 1.17 bits per heavy atom. The fraction of sp³-hybridized carbons (Fsp3) is 0.158. The van der Waals surface area contributed by atoms with E-state index in [4.69, 9.17) is 4.74 Å². The van der Waals surface area contributed by atoms with Gasteiger partial charge in [-0.2, -0.15) is 0 Å². The monoisotopic (exact) mass is 338 g/mol. The van der Waals surface area contributed by atoms with Gasteiger partial charge in [0.05, 0.1) is 7.11 Å². The highest BCUT2D eigenvalue weighted by molar-refractivity contribution is 7.17. The Bertz CT molecular complexity index is 816. The Kier molecular flexibility index (Phi) is 4.91. The van der Waals surface area contributed by atoms with Crippen molar-refractivity contribution in [1.29, 1.82) is 0 Å². The van der Waals surface area contributed by atoms with Gasteiger partial charge in [0.15, 0.2) is 0 Å². The minimum atomic E-state index is -0.0455. The van der Waals surface area contributed by atoms with Gasteiger partial charge in [-0.15, -0.1) is 11.3 Å². The summed E-state index contributed by atoms with van der Waals surface area (Å²) in [6.07, 6.45) is 3.46. The Labute approximate surface area is 145 Å². The van der Waals surface area contributed by atoms with Crippen LogP contribution in [0.5, 0.6) is 5.75 Å². The third-order valence-corrected chi connectivity index (χ3v) is 4.84. The van der Waals surface area contributed by atoms with Gasteiger partial charge in [-0.3, -0.25) is 9.78 Å². The number of nitrogens with zero attached hydrogens (tertiary/aromatic N) is 2. The number of thiophene rings is 1. The van der Waals surface area contributed by atoms with Gasteiger partial charge in [0.2, 0.25) is 0 Å². The van der Waals surface area contributed by atoms with E-state index < -0.39 is 0 Å². The molecule has 0 saturated carbocycles. The van der Waals surface area contributed by atoms with E-state index in [2.05, 4.69) is 4.98 Å². The standard InChI is InChI=1S/C19H18N2O2S/c1-21(13-14-8-10-20-11-9-14)19(22)18-16(23-2)12-17(24-18)15-6-4-3-5-7-15/h3-12H,13H2,1-2H3. The van der Waals surface area contributed by atoms with Gasteiger partial charge in [0.1, 0.15) is 10.6 Å². The number of hydrogen-bond acceptors (Lipinski definition) is 4. The molecule has 0 N–H and O–H groups in total. The van der Waals surface area contributed by atoms with Crippen LogP contribution in [-0.4, -0.2) is 29.9 Å². The van der Waals surface area contributed by atoms with Crippen LogP contribution in [0.2, 0.25) is 0 Å². The molecule has 0 saturated heterocycles. The first-order valence-corrected chi connectivity index (χ1v) is 8.38. The predicted octanol–water partition coefficient (Wildman–Crippen LogP) is 4.09. The van der Waals surface area contributed by atoms with E-state index in [1.165, 1.54) is 11.3 Å². The molecule has 0 bridgehead atoms. The van der Waals surface area contributed by atoms with Crippen molar-refractivity contribution in [1.82, 2.24) is 9.88 Å². The molecule has 1 aromatic carbocycles. The minimum Gasteiger partial charge on any atom is -0.495 e. The van der Waals surface area contributed by atoms with E-state index in [0.29, 0.717) is 17.2 Å². The van der Waals surface area contributed by atoms with Gasteiger partial charge < -0.3 is 9.64 Å². The van der Waals surface area contributed by atoms with Crippen LogP contribution in [0, 0.1) is 0 Å². The maximum atomic E-state index is 12.8. The van der Waals surface area contributed by atoms with Crippen molar-refractivity contribution < 1.29 is 9.53 Å². The topological polar surface area (TPSA) is 42.4 Å². The summed E-state index contributed by atoms with van der Waals surface area (Å²) in [5, 5.41) is 0. The van der Waals surface area contributed by atoms with Gasteiger partial charge >= 0.3 is 0 Å². The van der Waals surface area contributed by atoms with Crippen LogP contribution >= 0.6 is 11.3 Å². The first-order valence-electron chi connectivity index (χ1n) is 7.56. The summed E-state index contributed by atoms with van der Waals surface area (Å²) in [5.41, 5.74) is 2.12. The number of aromatic nitrogens is 1. The SMILES string of the molecule is COc1cc(-c2ccccc2)sc1C(=O)N(C)Cc1ccncc1. The number of amides is 1. The normalized spacial score (nSPS) is 10.4. The molecule has 3 rings (SSSR count). The highest BCUT2D eigenvalue weighted by Gasteiger charge is 2.21. The molecule has 0 atom stereocenters. The van der Waals surface area contributed by atoms with E-state index in [1.54, 1.807) is 31.5 Å². The molecule has 0 unspecified atom stereocenters. The molecule has 0 radical (unpaired) electrons. The molecule has 5 heteroatoms. The van der Waals surface area contributed by atoms with E-state index in [9.17, 15) is 4.79 Å². The van der Waals surface area contributed by atoms with Gasteiger partial charge in [-0.1, -0.05) is 30.3 Å². The molecule has 0 fully saturated rings. The van der Waals surface area contributed by atoms with Crippen molar-refractivity contribution >= 4 is 17.2 Å². The number of pyridine rings is 1. The zero-order valence-corrected chi connectivity index (χ0v) is 14.4. The van der Waals surface area contributed by atoms with Crippen molar-refractivity contribution in [3.8, 4) is 16.2 Å². The lowest BCUT2D eigenvalue weighted by Gasteiger charge is -2.16. The molecular formula is C19H18N2O2S. The van der Waals surface area contributed by atoms with E-state index >= 15 is 0 Å². The lowest BCUT2D eigenvalue weighted by Crippen LogP contribution is -2.25. The lowest BCUT2D eigenvalue weighted by molar-refractivity contribution is 0.0787. The number of ether oxygens (including phenoxy) is 1.